The molecule has 0 N–H and O–H groups in total. The second-order valence-electron chi connectivity index (χ2n) is 7.09. The Morgan fingerprint density at radius 1 is 1.22 bits per heavy atom. The van der Waals surface area contributed by atoms with Gasteiger partial charge in [0.2, 0.25) is 0 Å². The minimum Gasteiger partial charge on any atom is -1.00 e. The Morgan fingerprint density at radius 2 is 1.94 bits per heavy atom. The van der Waals surface area contributed by atoms with E-state index in [0.29, 0.717) is 5.54 Å². The minimum atomic E-state index is 0. The topological polar surface area (TPSA) is 0 Å². The van der Waals surface area contributed by atoms with Crippen LogP contribution >= 0.6 is 0 Å². The third-order valence-corrected chi connectivity index (χ3v) is 6.26. The summed E-state index contributed by atoms with van der Waals surface area (Å²) in [5, 5.41) is 0. The first-order valence-electron chi connectivity index (χ1n) is 7.65. The third kappa shape index (κ3) is 1.98. The Kier molecular flexibility index (Phi) is 4.19. The van der Waals surface area contributed by atoms with Gasteiger partial charge in [-0.1, -0.05) is 12.5 Å². The molecule has 0 aromatic carbocycles. The summed E-state index contributed by atoms with van der Waals surface area (Å²) in [5.41, 5.74) is 4.27. The van der Waals surface area contributed by atoms with Crippen LogP contribution in [0.15, 0.2) is 11.1 Å². The number of likely N-dealkylation sites (N-methyl/N-ethyl adjacent to an activating group) is 1. The molecule has 0 bridgehead atoms. The molecule has 1 fully saturated rings. The fraction of sp³-hybridized carbons (Fsp3) is 0.875. The van der Waals surface area contributed by atoms with Gasteiger partial charge in [0.25, 0.3) is 0 Å². The highest BCUT2D eigenvalue weighted by molar-refractivity contribution is 5.29. The molecular weight excluding hydrogens is 333 g/mol. The molecule has 0 spiro atoms. The lowest BCUT2D eigenvalue weighted by Crippen LogP contribution is -3.00. The van der Waals surface area contributed by atoms with Crippen LogP contribution in [0.25, 0.3) is 0 Å². The van der Waals surface area contributed by atoms with Crippen LogP contribution in [0.1, 0.15) is 58.8 Å². The van der Waals surface area contributed by atoms with Gasteiger partial charge in [-0.15, -0.1) is 0 Å². The number of hydrogen-bond acceptors (Lipinski definition) is 0. The first-order chi connectivity index (χ1) is 8.09. The second kappa shape index (κ2) is 5.08. The van der Waals surface area contributed by atoms with Crippen LogP contribution in [0.4, 0.5) is 0 Å². The van der Waals surface area contributed by atoms with Gasteiger partial charge in [0.15, 0.2) is 0 Å². The molecule has 18 heavy (non-hydrogen) atoms. The van der Waals surface area contributed by atoms with Crippen molar-refractivity contribution in [2.75, 3.05) is 20.1 Å². The van der Waals surface area contributed by atoms with E-state index < -0.39 is 0 Å². The van der Waals surface area contributed by atoms with Crippen LogP contribution in [-0.2, 0) is 0 Å². The van der Waals surface area contributed by atoms with Gasteiger partial charge in [-0.3, -0.25) is 0 Å². The van der Waals surface area contributed by atoms with E-state index in [2.05, 4.69) is 20.9 Å². The average molecular weight is 361 g/mol. The summed E-state index contributed by atoms with van der Waals surface area (Å²) in [6.45, 7) is 7.81. The molecular formula is C16H28IN. The van der Waals surface area contributed by atoms with Crippen molar-refractivity contribution in [2.24, 2.45) is 5.92 Å². The first kappa shape index (κ1) is 14.8. The van der Waals surface area contributed by atoms with Crippen LogP contribution in [0.2, 0.25) is 0 Å². The Hall–Kier alpha value is 0.430. The molecule has 0 saturated carbocycles. The number of nitrogens with zero attached hydrogens (tertiary/aromatic N) is 1. The highest BCUT2D eigenvalue weighted by atomic mass is 127. The third-order valence-electron chi connectivity index (χ3n) is 6.26. The lowest BCUT2D eigenvalue weighted by atomic mass is 9.73. The summed E-state index contributed by atoms with van der Waals surface area (Å²) < 4.78 is 1.35. The summed E-state index contributed by atoms with van der Waals surface area (Å²) in [6, 6.07) is 0. The maximum atomic E-state index is 2.59. The smallest absolute Gasteiger partial charge is 0.118 e. The summed E-state index contributed by atoms with van der Waals surface area (Å²) in [6.07, 6.45) is 9.97. The maximum Gasteiger partial charge on any atom is 0.118 e. The van der Waals surface area contributed by atoms with E-state index in [4.69, 9.17) is 0 Å². The fourth-order valence-electron chi connectivity index (χ4n) is 4.95. The predicted molar refractivity (Wildman–Crippen MR) is 72.8 cm³/mol. The van der Waals surface area contributed by atoms with E-state index in [1.165, 1.54) is 62.5 Å². The number of halogens is 1. The van der Waals surface area contributed by atoms with Crippen LogP contribution in [0.3, 0.4) is 0 Å². The molecule has 104 valence electrons. The van der Waals surface area contributed by atoms with E-state index in [1.807, 2.05) is 11.1 Å². The van der Waals surface area contributed by atoms with Crippen molar-refractivity contribution in [1.29, 1.82) is 0 Å². The highest BCUT2D eigenvalue weighted by Crippen LogP contribution is 2.52. The zero-order valence-corrected chi connectivity index (χ0v) is 14.4. The molecule has 1 aliphatic carbocycles. The van der Waals surface area contributed by atoms with Crippen molar-refractivity contribution in [3.8, 4) is 0 Å². The summed E-state index contributed by atoms with van der Waals surface area (Å²) in [5.74, 6) is 0.971. The van der Waals surface area contributed by atoms with E-state index in [9.17, 15) is 0 Å². The van der Waals surface area contributed by atoms with E-state index in [1.54, 1.807) is 0 Å². The normalized spacial score (nSPS) is 43.2. The van der Waals surface area contributed by atoms with Gasteiger partial charge in [-0.2, -0.15) is 0 Å². The Bertz CT molecular complexity index is 362. The van der Waals surface area contributed by atoms with Crippen LogP contribution < -0.4 is 24.0 Å². The van der Waals surface area contributed by atoms with E-state index in [-0.39, 0.29) is 24.0 Å². The van der Waals surface area contributed by atoms with Crippen molar-refractivity contribution in [3.05, 3.63) is 11.1 Å². The number of hydrogen-bond donors (Lipinski definition) is 0. The largest absolute Gasteiger partial charge is 1.00 e. The van der Waals surface area contributed by atoms with Crippen molar-refractivity contribution in [1.82, 2.24) is 0 Å². The molecule has 2 heterocycles. The van der Waals surface area contributed by atoms with Gasteiger partial charge in [0.05, 0.1) is 20.1 Å². The van der Waals surface area contributed by atoms with Gasteiger partial charge in [-0.05, 0) is 44.6 Å². The van der Waals surface area contributed by atoms with Crippen LogP contribution in [0, 0.1) is 5.92 Å². The van der Waals surface area contributed by atoms with Crippen LogP contribution in [0.5, 0.6) is 0 Å². The number of quaternary nitrogens is 1. The molecule has 1 saturated heterocycles. The van der Waals surface area contributed by atoms with Crippen LogP contribution in [-0.4, -0.2) is 30.2 Å². The number of fused-ring (bicyclic) bond motifs is 2. The van der Waals surface area contributed by atoms with E-state index in [0.717, 1.165) is 5.92 Å². The zero-order valence-electron chi connectivity index (χ0n) is 12.3. The summed E-state index contributed by atoms with van der Waals surface area (Å²) in [4.78, 5) is 0. The second-order valence-corrected chi connectivity index (χ2v) is 7.09. The van der Waals surface area contributed by atoms with Gasteiger partial charge in [0.1, 0.15) is 5.54 Å². The molecule has 0 amide bonds. The van der Waals surface area contributed by atoms with Crippen molar-refractivity contribution in [2.45, 2.75) is 64.3 Å². The molecule has 3 atom stereocenters. The Morgan fingerprint density at radius 3 is 2.67 bits per heavy atom. The molecule has 0 radical (unpaired) electrons. The quantitative estimate of drug-likeness (QED) is 0.370. The molecule has 1 nitrogen and oxygen atoms in total. The van der Waals surface area contributed by atoms with Gasteiger partial charge in [0, 0.05) is 18.8 Å². The summed E-state index contributed by atoms with van der Waals surface area (Å²) in [7, 11) is 2.54. The molecule has 2 heteroatoms. The molecule has 2 aliphatic heterocycles. The van der Waals surface area contributed by atoms with Crippen molar-refractivity contribution >= 4 is 0 Å². The average Bonchev–Trinajstić information content (AvgIpc) is 2.62. The SMILES string of the molecule is CCC1C[C@]2(C)C3=C(CCCC3)CC[N+]2(C)C1.[I-]. The van der Waals surface area contributed by atoms with Crippen molar-refractivity contribution < 1.29 is 28.5 Å². The lowest BCUT2D eigenvalue weighted by Gasteiger charge is -2.51. The van der Waals surface area contributed by atoms with Gasteiger partial charge >= 0.3 is 0 Å². The molecule has 0 aromatic rings. The molecule has 3 rings (SSSR count). The molecule has 0 aromatic heterocycles. The predicted octanol–water partition coefficient (Wildman–Crippen LogP) is 0.900. The van der Waals surface area contributed by atoms with E-state index >= 15 is 0 Å². The Labute approximate surface area is 130 Å². The standard InChI is InChI=1S/C16H28N.HI/c1-4-13-11-16(2)15-8-6-5-7-14(15)9-10-17(16,3)12-13;/h13H,4-12H2,1-3H3;1H/q+1;/p-1/t13?,16-,17?;/m1./s1. The van der Waals surface area contributed by atoms with Gasteiger partial charge in [-0.25, -0.2) is 0 Å². The minimum absolute atomic E-state index is 0. The zero-order chi connectivity index (χ0) is 12.1. The fourth-order valence-corrected chi connectivity index (χ4v) is 4.95. The lowest BCUT2D eigenvalue weighted by molar-refractivity contribution is -0.942. The van der Waals surface area contributed by atoms with Crippen molar-refractivity contribution in [3.63, 3.8) is 0 Å². The maximum absolute atomic E-state index is 2.59. The molecule has 2 unspecified atom stereocenters. The molecule has 3 aliphatic rings. The number of rotatable bonds is 1. The van der Waals surface area contributed by atoms with Gasteiger partial charge < -0.3 is 28.5 Å². The monoisotopic (exact) mass is 361 g/mol. The Balaban J connectivity index is 0.00000120. The first-order valence-corrected chi connectivity index (χ1v) is 7.65. The summed E-state index contributed by atoms with van der Waals surface area (Å²) >= 11 is 0. The highest BCUT2D eigenvalue weighted by Gasteiger charge is 2.56.